The maximum atomic E-state index is 11.7. The van der Waals surface area contributed by atoms with Crippen LogP contribution in [0, 0.1) is 5.92 Å². The van der Waals surface area contributed by atoms with Gasteiger partial charge < -0.3 is 15.1 Å². The standard InChI is InChI=1S/C10H17N3O2/c1-12-4-8(5-12)10(15)11-9-2-3-13(6-9)7-14/h7-9H,2-6H2,1H3,(H,11,15). The highest BCUT2D eigenvalue weighted by Gasteiger charge is 2.32. The van der Waals surface area contributed by atoms with Crippen LogP contribution in [0.3, 0.4) is 0 Å². The summed E-state index contributed by atoms with van der Waals surface area (Å²) < 4.78 is 0. The summed E-state index contributed by atoms with van der Waals surface area (Å²) in [6.07, 6.45) is 1.73. The average molecular weight is 211 g/mol. The van der Waals surface area contributed by atoms with Gasteiger partial charge in [0.25, 0.3) is 0 Å². The molecule has 2 fully saturated rings. The van der Waals surface area contributed by atoms with E-state index in [2.05, 4.69) is 10.2 Å². The van der Waals surface area contributed by atoms with Gasteiger partial charge >= 0.3 is 0 Å². The number of rotatable bonds is 3. The van der Waals surface area contributed by atoms with Crippen LogP contribution in [0.5, 0.6) is 0 Å². The van der Waals surface area contributed by atoms with E-state index in [4.69, 9.17) is 0 Å². The molecule has 0 aromatic carbocycles. The van der Waals surface area contributed by atoms with Gasteiger partial charge in [0, 0.05) is 32.2 Å². The summed E-state index contributed by atoms with van der Waals surface area (Å²) in [5, 5.41) is 3.00. The van der Waals surface area contributed by atoms with E-state index in [9.17, 15) is 9.59 Å². The zero-order valence-corrected chi connectivity index (χ0v) is 8.98. The predicted octanol–water partition coefficient (Wildman–Crippen LogP) is -1.11. The fraction of sp³-hybridized carbons (Fsp3) is 0.800. The van der Waals surface area contributed by atoms with Crippen molar-refractivity contribution in [3.63, 3.8) is 0 Å². The van der Waals surface area contributed by atoms with Gasteiger partial charge in [0.05, 0.1) is 5.92 Å². The van der Waals surface area contributed by atoms with E-state index in [0.29, 0.717) is 6.54 Å². The molecule has 0 bridgehead atoms. The van der Waals surface area contributed by atoms with Crippen LogP contribution >= 0.6 is 0 Å². The van der Waals surface area contributed by atoms with Gasteiger partial charge in [-0.25, -0.2) is 0 Å². The Bertz CT molecular complexity index is 263. The predicted molar refractivity (Wildman–Crippen MR) is 55.2 cm³/mol. The van der Waals surface area contributed by atoms with E-state index >= 15 is 0 Å². The van der Waals surface area contributed by atoms with Gasteiger partial charge in [0.2, 0.25) is 12.3 Å². The molecule has 84 valence electrons. The molecule has 2 aliphatic rings. The average Bonchev–Trinajstić information content (AvgIpc) is 2.60. The number of hydrogen-bond acceptors (Lipinski definition) is 3. The molecule has 0 aromatic rings. The number of amides is 2. The lowest BCUT2D eigenvalue weighted by atomic mass is 10.00. The summed E-state index contributed by atoms with van der Waals surface area (Å²) in [5.41, 5.74) is 0. The summed E-state index contributed by atoms with van der Waals surface area (Å²) in [5.74, 6) is 0.297. The number of carbonyl (C=O) groups is 2. The fourth-order valence-electron chi connectivity index (χ4n) is 2.18. The molecule has 5 heteroatoms. The molecule has 2 saturated heterocycles. The summed E-state index contributed by atoms with van der Waals surface area (Å²) in [6, 6.07) is 0.161. The molecule has 0 aliphatic carbocycles. The van der Waals surface area contributed by atoms with Gasteiger partial charge in [0.1, 0.15) is 0 Å². The molecular weight excluding hydrogens is 194 g/mol. The van der Waals surface area contributed by atoms with Crippen LogP contribution in [0.4, 0.5) is 0 Å². The zero-order valence-electron chi connectivity index (χ0n) is 8.98. The Morgan fingerprint density at radius 2 is 2.13 bits per heavy atom. The molecular formula is C10H17N3O2. The van der Waals surface area contributed by atoms with E-state index in [1.807, 2.05) is 7.05 Å². The zero-order chi connectivity index (χ0) is 10.8. The molecule has 1 N–H and O–H groups in total. The molecule has 2 rings (SSSR count). The van der Waals surface area contributed by atoms with Crippen molar-refractivity contribution >= 4 is 12.3 Å². The Labute approximate surface area is 89.4 Å². The number of likely N-dealkylation sites (tertiary alicyclic amines) is 2. The topological polar surface area (TPSA) is 52.7 Å². The second-order valence-corrected chi connectivity index (χ2v) is 4.51. The highest BCUT2D eigenvalue weighted by Crippen LogP contribution is 2.14. The maximum Gasteiger partial charge on any atom is 0.225 e. The van der Waals surface area contributed by atoms with Gasteiger partial charge in [-0.2, -0.15) is 0 Å². The monoisotopic (exact) mass is 211 g/mol. The molecule has 0 radical (unpaired) electrons. The van der Waals surface area contributed by atoms with Crippen LogP contribution in [0.15, 0.2) is 0 Å². The number of nitrogens with one attached hydrogen (secondary N) is 1. The molecule has 0 spiro atoms. The van der Waals surface area contributed by atoms with Crippen molar-refractivity contribution in [1.82, 2.24) is 15.1 Å². The second kappa shape index (κ2) is 4.18. The van der Waals surface area contributed by atoms with E-state index < -0.39 is 0 Å². The van der Waals surface area contributed by atoms with Crippen molar-refractivity contribution in [3.8, 4) is 0 Å². The summed E-state index contributed by atoms with van der Waals surface area (Å²) in [7, 11) is 2.01. The number of nitrogens with zero attached hydrogens (tertiary/aromatic N) is 2. The SMILES string of the molecule is CN1CC(C(=O)NC2CCN(C=O)C2)C1. The third-order valence-electron chi connectivity index (χ3n) is 3.15. The Hall–Kier alpha value is -1.10. The summed E-state index contributed by atoms with van der Waals surface area (Å²) in [4.78, 5) is 26.0. The normalized spacial score (nSPS) is 27.5. The van der Waals surface area contributed by atoms with Crippen LogP contribution in [0.1, 0.15) is 6.42 Å². The van der Waals surface area contributed by atoms with E-state index in [0.717, 1.165) is 32.5 Å². The Morgan fingerprint density at radius 3 is 2.67 bits per heavy atom. The first-order valence-corrected chi connectivity index (χ1v) is 5.37. The molecule has 5 nitrogen and oxygen atoms in total. The highest BCUT2D eigenvalue weighted by atomic mass is 16.2. The van der Waals surface area contributed by atoms with Gasteiger partial charge in [-0.05, 0) is 13.5 Å². The third-order valence-corrected chi connectivity index (χ3v) is 3.15. The van der Waals surface area contributed by atoms with Crippen molar-refractivity contribution in [2.24, 2.45) is 5.92 Å². The molecule has 0 saturated carbocycles. The summed E-state index contributed by atoms with van der Waals surface area (Å²) in [6.45, 7) is 3.14. The van der Waals surface area contributed by atoms with Crippen molar-refractivity contribution in [1.29, 1.82) is 0 Å². The maximum absolute atomic E-state index is 11.7. The Morgan fingerprint density at radius 1 is 1.40 bits per heavy atom. The lowest BCUT2D eigenvalue weighted by Gasteiger charge is -2.35. The lowest BCUT2D eigenvalue weighted by molar-refractivity contribution is -0.130. The first-order valence-electron chi connectivity index (χ1n) is 5.37. The fourth-order valence-corrected chi connectivity index (χ4v) is 2.18. The third kappa shape index (κ3) is 2.28. The smallest absolute Gasteiger partial charge is 0.225 e. The minimum Gasteiger partial charge on any atom is -0.351 e. The Kier molecular flexibility index (Phi) is 2.90. The number of hydrogen-bond donors (Lipinski definition) is 1. The van der Waals surface area contributed by atoms with Crippen molar-refractivity contribution in [2.75, 3.05) is 33.2 Å². The highest BCUT2D eigenvalue weighted by molar-refractivity contribution is 5.80. The summed E-state index contributed by atoms with van der Waals surface area (Å²) >= 11 is 0. The van der Waals surface area contributed by atoms with Crippen LogP contribution in [-0.2, 0) is 9.59 Å². The molecule has 2 heterocycles. The van der Waals surface area contributed by atoms with E-state index in [1.54, 1.807) is 4.90 Å². The van der Waals surface area contributed by atoms with Gasteiger partial charge in [-0.15, -0.1) is 0 Å². The van der Waals surface area contributed by atoms with Crippen LogP contribution in [-0.4, -0.2) is 61.4 Å². The molecule has 15 heavy (non-hydrogen) atoms. The van der Waals surface area contributed by atoms with E-state index in [1.165, 1.54) is 0 Å². The van der Waals surface area contributed by atoms with Crippen LogP contribution in [0.2, 0.25) is 0 Å². The largest absolute Gasteiger partial charge is 0.351 e. The number of carbonyl (C=O) groups excluding carboxylic acids is 2. The molecule has 2 amide bonds. The van der Waals surface area contributed by atoms with Crippen molar-refractivity contribution in [3.05, 3.63) is 0 Å². The first-order chi connectivity index (χ1) is 7.19. The van der Waals surface area contributed by atoms with E-state index in [-0.39, 0.29) is 17.9 Å². The second-order valence-electron chi connectivity index (χ2n) is 4.51. The molecule has 1 atom stereocenters. The van der Waals surface area contributed by atoms with Crippen LogP contribution in [0.25, 0.3) is 0 Å². The van der Waals surface area contributed by atoms with Gasteiger partial charge in [-0.1, -0.05) is 0 Å². The van der Waals surface area contributed by atoms with Crippen molar-refractivity contribution in [2.45, 2.75) is 12.5 Å². The Balaban J connectivity index is 1.73. The van der Waals surface area contributed by atoms with Gasteiger partial charge in [0.15, 0.2) is 0 Å². The minimum absolute atomic E-state index is 0.144. The molecule has 1 unspecified atom stereocenters. The van der Waals surface area contributed by atoms with Gasteiger partial charge in [-0.3, -0.25) is 9.59 Å². The lowest BCUT2D eigenvalue weighted by Crippen LogP contribution is -2.53. The molecule has 0 aromatic heterocycles. The first kappa shape index (κ1) is 10.4. The molecule has 2 aliphatic heterocycles. The van der Waals surface area contributed by atoms with Crippen LogP contribution < -0.4 is 5.32 Å². The van der Waals surface area contributed by atoms with Crippen molar-refractivity contribution < 1.29 is 9.59 Å². The minimum atomic E-state index is 0.144. The quantitative estimate of drug-likeness (QED) is 0.603.